The number of nitrogens with one attached hydrogen (secondary N) is 3. The molecule has 33 heavy (non-hydrogen) atoms. The summed E-state index contributed by atoms with van der Waals surface area (Å²) in [5.41, 5.74) is 2.38. The fourth-order valence-electron chi connectivity index (χ4n) is 3.44. The van der Waals surface area contributed by atoms with Crippen LogP contribution in [0.3, 0.4) is 0 Å². The molecular weight excluding hydrogens is 469 g/mol. The first kappa shape index (κ1) is 29.7. The van der Waals surface area contributed by atoms with Gasteiger partial charge in [0.25, 0.3) is 0 Å². The number of carbonyl (C=O) groups excluding carboxylic acids is 3. The largest absolute Gasteiger partial charge is 1.00 e. The Morgan fingerprint density at radius 2 is 1.70 bits per heavy atom. The van der Waals surface area contributed by atoms with Gasteiger partial charge in [0.2, 0.25) is 17.7 Å². The Bertz CT molecular complexity index is 866. The number of amides is 3. The third-order valence-electron chi connectivity index (χ3n) is 5.05. The van der Waals surface area contributed by atoms with Crippen molar-refractivity contribution in [3.8, 4) is 0 Å². The van der Waals surface area contributed by atoms with Gasteiger partial charge in [0.1, 0.15) is 6.04 Å². The SMILES string of the molecule is CNC(=O)[C@@H](Cc1ccccc1)NC(=O)[C@H](CC(C)C)[C@H](CSc1cccs1)C(=O)N[O-].[Na+]. The van der Waals surface area contributed by atoms with Crippen molar-refractivity contribution in [1.29, 1.82) is 0 Å². The van der Waals surface area contributed by atoms with Crippen LogP contribution in [0.4, 0.5) is 0 Å². The summed E-state index contributed by atoms with van der Waals surface area (Å²) in [4.78, 5) is 38.3. The molecule has 0 saturated heterocycles. The Hall–Kier alpha value is -1.36. The van der Waals surface area contributed by atoms with E-state index in [0.29, 0.717) is 18.6 Å². The average molecular weight is 500 g/mol. The van der Waals surface area contributed by atoms with Crippen LogP contribution in [0.15, 0.2) is 52.1 Å². The van der Waals surface area contributed by atoms with Gasteiger partial charge >= 0.3 is 29.6 Å². The molecule has 2 aromatic rings. The molecule has 0 saturated carbocycles. The normalized spacial score (nSPS) is 13.4. The molecule has 0 fully saturated rings. The first-order valence-corrected chi connectivity index (χ1v) is 12.4. The fraction of sp³-hybridized carbons (Fsp3) is 0.435. The predicted octanol–water partition coefficient (Wildman–Crippen LogP) is 0.210. The van der Waals surface area contributed by atoms with E-state index in [2.05, 4.69) is 10.6 Å². The van der Waals surface area contributed by atoms with Gasteiger partial charge in [0.05, 0.1) is 16.0 Å². The Balaban J connectivity index is 0.00000544. The van der Waals surface area contributed by atoms with E-state index in [-0.39, 0.29) is 41.4 Å². The molecule has 1 aromatic heterocycles. The zero-order valence-corrected chi connectivity index (χ0v) is 23.1. The van der Waals surface area contributed by atoms with Crippen molar-refractivity contribution in [3.63, 3.8) is 0 Å². The van der Waals surface area contributed by atoms with Crippen LogP contribution in [0.1, 0.15) is 25.8 Å². The Morgan fingerprint density at radius 1 is 1.00 bits per heavy atom. The van der Waals surface area contributed by atoms with Gasteiger partial charge in [-0.25, -0.2) is 0 Å². The standard InChI is InChI=1S/C23H30N3O4S2.Na/c1-15(2)12-17(18(22(28)26-30)14-32-20-10-7-11-31-20)21(27)25-19(23(29)24-3)13-16-8-5-4-6-9-16;/h4-11,15,17-19H,12-14H2,1-3H3,(H3-,24,25,26,27,28,29,30);/q-1;+1/t17-,18+,19-;/m1./s1. The summed E-state index contributed by atoms with van der Waals surface area (Å²) in [6.45, 7) is 3.91. The molecule has 3 amide bonds. The molecule has 1 heterocycles. The van der Waals surface area contributed by atoms with Crippen LogP contribution in [0, 0.1) is 23.0 Å². The quantitative estimate of drug-likeness (QED) is 0.220. The minimum absolute atomic E-state index is 0. The number of hydroxylamine groups is 1. The zero-order valence-electron chi connectivity index (χ0n) is 19.5. The molecule has 0 spiro atoms. The molecule has 3 atom stereocenters. The van der Waals surface area contributed by atoms with Gasteiger partial charge in [0, 0.05) is 19.2 Å². The zero-order chi connectivity index (χ0) is 23.5. The second kappa shape index (κ2) is 15.5. The minimum atomic E-state index is -0.816. The molecule has 0 radical (unpaired) electrons. The van der Waals surface area contributed by atoms with Gasteiger partial charge in [-0.1, -0.05) is 50.2 Å². The molecule has 0 aliphatic heterocycles. The molecule has 1 aromatic carbocycles. The molecule has 0 bridgehead atoms. The molecule has 7 nitrogen and oxygen atoms in total. The molecule has 0 aliphatic carbocycles. The maximum Gasteiger partial charge on any atom is 1.00 e. The average Bonchev–Trinajstić information content (AvgIpc) is 3.31. The number of thioether (sulfide) groups is 1. The van der Waals surface area contributed by atoms with E-state index in [0.717, 1.165) is 9.77 Å². The monoisotopic (exact) mass is 499 g/mol. The maximum absolute atomic E-state index is 13.3. The number of hydrogen-bond acceptors (Lipinski definition) is 6. The van der Waals surface area contributed by atoms with Crippen molar-refractivity contribution < 1.29 is 43.9 Å². The van der Waals surface area contributed by atoms with Crippen LogP contribution < -0.4 is 45.7 Å². The topological polar surface area (TPSA) is 110 Å². The van der Waals surface area contributed by atoms with E-state index < -0.39 is 29.7 Å². The number of hydrogen-bond donors (Lipinski definition) is 3. The third kappa shape index (κ3) is 9.80. The summed E-state index contributed by atoms with van der Waals surface area (Å²) < 4.78 is 1.00. The number of benzene rings is 1. The summed E-state index contributed by atoms with van der Waals surface area (Å²) in [7, 11) is 1.52. The van der Waals surface area contributed by atoms with Gasteiger partial charge in [-0.15, -0.1) is 23.1 Å². The van der Waals surface area contributed by atoms with Crippen LogP contribution in [0.25, 0.3) is 0 Å². The summed E-state index contributed by atoms with van der Waals surface area (Å²) in [6.07, 6.45) is 0.740. The smallest absolute Gasteiger partial charge is 0.759 e. The van der Waals surface area contributed by atoms with Crippen LogP contribution >= 0.6 is 23.1 Å². The Morgan fingerprint density at radius 3 is 2.24 bits per heavy atom. The van der Waals surface area contributed by atoms with Crippen LogP contribution in [-0.4, -0.2) is 36.6 Å². The van der Waals surface area contributed by atoms with Crippen molar-refractivity contribution in [2.75, 3.05) is 12.8 Å². The molecule has 10 heteroatoms. The van der Waals surface area contributed by atoms with E-state index in [1.165, 1.54) is 35.6 Å². The minimum Gasteiger partial charge on any atom is -0.759 e. The summed E-state index contributed by atoms with van der Waals surface area (Å²) in [6, 6.07) is 12.5. The van der Waals surface area contributed by atoms with Crippen molar-refractivity contribution in [1.82, 2.24) is 16.1 Å². The maximum atomic E-state index is 13.3. The molecular formula is C23H30N3NaO4S2. The van der Waals surface area contributed by atoms with Gasteiger partial charge in [-0.2, -0.15) is 0 Å². The second-order valence-electron chi connectivity index (χ2n) is 7.92. The molecule has 2 rings (SSSR count). The molecule has 0 aliphatic rings. The Labute approximate surface area is 225 Å². The number of likely N-dealkylation sites (N-methyl/N-ethyl adjacent to an activating group) is 1. The van der Waals surface area contributed by atoms with Crippen molar-refractivity contribution in [2.24, 2.45) is 17.8 Å². The van der Waals surface area contributed by atoms with E-state index in [1.807, 2.05) is 61.7 Å². The first-order valence-electron chi connectivity index (χ1n) is 10.5. The van der Waals surface area contributed by atoms with Crippen LogP contribution in [0.2, 0.25) is 0 Å². The summed E-state index contributed by atoms with van der Waals surface area (Å²) in [5, 5.41) is 18.6. The molecule has 0 unspecified atom stereocenters. The van der Waals surface area contributed by atoms with E-state index in [9.17, 15) is 19.6 Å². The molecule has 174 valence electrons. The van der Waals surface area contributed by atoms with Gasteiger partial charge in [-0.05, 0) is 29.3 Å². The third-order valence-corrected chi connectivity index (χ3v) is 7.30. The van der Waals surface area contributed by atoms with E-state index in [4.69, 9.17) is 0 Å². The number of rotatable bonds is 12. The van der Waals surface area contributed by atoms with Crippen molar-refractivity contribution in [2.45, 2.75) is 36.9 Å². The van der Waals surface area contributed by atoms with Crippen LogP contribution in [0.5, 0.6) is 0 Å². The van der Waals surface area contributed by atoms with Gasteiger partial charge in [-0.3, -0.25) is 14.4 Å². The van der Waals surface area contributed by atoms with Gasteiger partial charge < -0.3 is 21.3 Å². The fourth-order valence-corrected chi connectivity index (χ4v) is 5.44. The Kier molecular flexibility index (Phi) is 14.0. The van der Waals surface area contributed by atoms with E-state index in [1.54, 1.807) is 0 Å². The predicted molar refractivity (Wildman–Crippen MR) is 129 cm³/mol. The van der Waals surface area contributed by atoms with E-state index >= 15 is 0 Å². The summed E-state index contributed by atoms with van der Waals surface area (Å²) in [5.74, 6) is -2.57. The summed E-state index contributed by atoms with van der Waals surface area (Å²) >= 11 is 2.98. The van der Waals surface area contributed by atoms with Crippen LogP contribution in [-0.2, 0) is 20.8 Å². The van der Waals surface area contributed by atoms with Gasteiger partial charge in [0.15, 0.2) is 0 Å². The number of carbonyl (C=O) groups is 3. The van der Waals surface area contributed by atoms with Crippen molar-refractivity contribution >= 4 is 40.8 Å². The van der Waals surface area contributed by atoms with Crippen molar-refractivity contribution in [3.05, 3.63) is 58.6 Å². The second-order valence-corrected chi connectivity index (χ2v) is 10.2. The first-order chi connectivity index (χ1) is 15.3. The molecule has 3 N–H and O–H groups in total. The number of thiophene rings is 1.